The molecule has 0 spiro atoms. The van der Waals surface area contributed by atoms with Crippen LogP contribution in [0.1, 0.15) is 39.0 Å². The normalized spacial score (nSPS) is 36.6. The Morgan fingerprint density at radius 2 is 1.93 bits per heavy atom. The molecule has 3 nitrogen and oxygen atoms in total. The molecule has 3 unspecified atom stereocenters. The molecule has 15 heavy (non-hydrogen) atoms. The Balaban J connectivity index is 1.99. The Morgan fingerprint density at radius 3 is 2.33 bits per heavy atom. The lowest BCUT2D eigenvalue weighted by Crippen LogP contribution is -2.21. The number of ketones is 1. The van der Waals surface area contributed by atoms with Gasteiger partial charge in [-0.2, -0.15) is 0 Å². The zero-order valence-electron chi connectivity index (χ0n) is 9.11. The summed E-state index contributed by atoms with van der Waals surface area (Å²) < 4.78 is 0. The van der Waals surface area contributed by atoms with E-state index in [0.717, 1.165) is 12.8 Å². The Morgan fingerprint density at radius 1 is 1.40 bits per heavy atom. The van der Waals surface area contributed by atoms with Crippen LogP contribution in [0.25, 0.3) is 0 Å². The van der Waals surface area contributed by atoms with Crippen LogP contribution in [-0.4, -0.2) is 16.9 Å². The second kappa shape index (κ2) is 3.95. The summed E-state index contributed by atoms with van der Waals surface area (Å²) in [6.07, 6.45) is 4.05. The van der Waals surface area contributed by atoms with E-state index in [0.29, 0.717) is 42.8 Å². The third-order valence-corrected chi connectivity index (χ3v) is 4.18. The third-order valence-electron chi connectivity index (χ3n) is 4.18. The number of carbonyl (C=O) groups is 2. The Bertz CT molecular complexity index is 269. The largest absolute Gasteiger partial charge is 0.481 e. The van der Waals surface area contributed by atoms with E-state index in [9.17, 15) is 9.59 Å². The second-order valence-corrected chi connectivity index (χ2v) is 5.05. The van der Waals surface area contributed by atoms with E-state index in [1.54, 1.807) is 0 Å². The fourth-order valence-corrected chi connectivity index (χ4v) is 3.47. The van der Waals surface area contributed by atoms with Crippen LogP contribution in [0.4, 0.5) is 0 Å². The fraction of sp³-hybridized carbons (Fsp3) is 0.833. The van der Waals surface area contributed by atoms with E-state index >= 15 is 0 Å². The number of rotatable bonds is 3. The zero-order valence-corrected chi connectivity index (χ0v) is 9.11. The second-order valence-electron chi connectivity index (χ2n) is 5.05. The van der Waals surface area contributed by atoms with E-state index in [2.05, 4.69) is 0 Å². The average Bonchev–Trinajstić information content (AvgIpc) is 2.61. The fourth-order valence-electron chi connectivity index (χ4n) is 3.47. The lowest BCUT2D eigenvalue weighted by Gasteiger charge is -2.18. The third kappa shape index (κ3) is 1.92. The number of fused-ring (bicyclic) bond motifs is 1. The molecule has 3 atom stereocenters. The van der Waals surface area contributed by atoms with Crippen molar-refractivity contribution in [3.63, 3.8) is 0 Å². The van der Waals surface area contributed by atoms with Crippen LogP contribution in [0, 0.1) is 23.7 Å². The van der Waals surface area contributed by atoms with Gasteiger partial charge >= 0.3 is 5.97 Å². The maximum Gasteiger partial charge on any atom is 0.306 e. The van der Waals surface area contributed by atoms with Crippen LogP contribution in [0.3, 0.4) is 0 Å². The highest BCUT2D eigenvalue weighted by atomic mass is 16.4. The summed E-state index contributed by atoms with van der Waals surface area (Å²) in [5.74, 6) is 0.841. The summed E-state index contributed by atoms with van der Waals surface area (Å²) in [6.45, 7) is 1.94. The minimum Gasteiger partial charge on any atom is -0.481 e. The molecule has 0 aliphatic heterocycles. The SMILES string of the molecule is CCC(C(=O)O)C1CC2CC(=O)CC2C1. The van der Waals surface area contributed by atoms with Crippen LogP contribution in [0.5, 0.6) is 0 Å². The minimum absolute atomic E-state index is 0.189. The van der Waals surface area contributed by atoms with Crippen LogP contribution in [-0.2, 0) is 9.59 Å². The van der Waals surface area contributed by atoms with Crippen LogP contribution >= 0.6 is 0 Å². The lowest BCUT2D eigenvalue weighted by molar-refractivity contribution is -0.143. The van der Waals surface area contributed by atoms with E-state index in [4.69, 9.17) is 5.11 Å². The van der Waals surface area contributed by atoms with Crippen molar-refractivity contribution in [3.8, 4) is 0 Å². The van der Waals surface area contributed by atoms with Gasteiger partial charge in [0.25, 0.3) is 0 Å². The molecule has 2 aliphatic carbocycles. The van der Waals surface area contributed by atoms with E-state index in [-0.39, 0.29) is 5.92 Å². The molecule has 2 saturated carbocycles. The van der Waals surface area contributed by atoms with Gasteiger partial charge < -0.3 is 5.11 Å². The van der Waals surface area contributed by atoms with Crippen LogP contribution in [0.2, 0.25) is 0 Å². The Labute approximate surface area is 89.9 Å². The molecule has 0 aromatic heterocycles. The van der Waals surface area contributed by atoms with E-state index in [1.807, 2.05) is 6.92 Å². The standard InChI is InChI=1S/C12H18O3/c1-2-11(12(14)15)9-3-7-5-10(13)6-8(7)4-9/h7-9,11H,2-6H2,1H3,(H,14,15). The van der Waals surface area contributed by atoms with Gasteiger partial charge in [-0.3, -0.25) is 9.59 Å². The molecule has 1 N–H and O–H groups in total. The molecule has 3 heteroatoms. The van der Waals surface area contributed by atoms with Gasteiger partial charge in [0.15, 0.2) is 0 Å². The molecule has 0 radical (unpaired) electrons. The number of Topliss-reactive ketones (excluding diaryl/α,β-unsaturated/α-hetero) is 1. The predicted molar refractivity (Wildman–Crippen MR) is 55.4 cm³/mol. The summed E-state index contributed by atoms with van der Waals surface area (Å²) in [4.78, 5) is 22.3. The monoisotopic (exact) mass is 210 g/mol. The average molecular weight is 210 g/mol. The number of carboxylic acid groups (broad SMARTS) is 1. The lowest BCUT2D eigenvalue weighted by atomic mass is 9.87. The summed E-state index contributed by atoms with van der Waals surface area (Å²) in [6, 6.07) is 0. The molecule has 0 aromatic rings. The highest BCUT2D eigenvalue weighted by Crippen LogP contribution is 2.48. The molecule has 0 heterocycles. The number of hydrogen-bond acceptors (Lipinski definition) is 2. The molecule has 84 valence electrons. The molecule has 2 aliphatic rings. The van der Waals surface area contributed by atoms with Crippen molar-refractivity contribution in [2.45, 2.75) is 39.0 Å². The van der Waals surface area contributed by atoms with Gasteiger partial charge in [0.05, 0.1) is 5.92 Å². The van der Waals surface area contributed by atoms with Gasteiger partial charge in [0.2, 0.25) is 0 Å². The van der Waals surface area contributed by atoms with E-state index < -0.39 is 5.97 Å². The molecular weight excluding hydrogens is 192 g/mol. The summed E-state index contributed by atoms with van der Waals surface area (Å²) in [5, 5.41) is 9.08. The van der Waals surface area contributed by atoms with Gasteiger partial charge in [-0.15, -0.1) is 0 Å². The minimum atomic E-state index is -0.659. The van der Waals surface area contributed by atoms with Crippen molar-refractivity contribution in [2.24, 2.45) is 23.7 Å². The van der Waals surface area contributed by atoms with Crippen molar-refractivity contribution in [3.05, 3.63) is 0 Å². The highest BCUT2D eigenvalue weighted by Gasteiger charge is 2.44. The van der Waals surface area contributed by atoms with Crippen molar-refractivity contribution >= 4 is 11.8 Å². The maximum absolute atomic E-state index is 11.2. The van der Waals surface area contributed by atoms with Crippen molar-refractivity contribution < 1.29 is 14.7 Å². The summed E-state index contributed by atoms with van der Waals surface area (Å²) in [7, 11) is 0. The van der Waals surface area contributed by atoms with Gasteiger partial charge in [0.1, 0.15) is 5.78 Å². The van der Waals surface area contributed by atoms with E-state index in [1.165, 1.54) is 0 Å². The number of carbonyl (C=O) groups excluding carboxylic acids is 1. The zero-order chi connectivity index (χ0) is 11.0. The highest BCUT2D eigenvalue weighted by molar-refractivity contribution is 5.81. The Hall–Kier alpha value is -0.860. The predicted octanol–water partition coefficient (Wildman–Crippen LogP) is 2.10. The van der Waals surface area contributed by atoms with Crippen LogP contribution < -0.4 is 0 Å². The smallest absolute Gasteiger partial charge is 0.306 e. The topological polar surface area (TPSA) is 54.4 Å². The molecule has 0 aromatic carbocycles. The number of aliphatic carboxylic acids is 1. The van der Waals surface area contributed by atoms with Crippen molar-refractivity contribution in [2.75, 3.05) is 0 Å². The maximum atomic E-state index is 11.2. The first-order chi connectivity index (χ1) is 7.11. The quantitative estimate of drug-likeness (QED) is 0.776. The first kappa shape index (κ1) is 10.7. The van der Waals surface area contributed by atoms with Crippen molar-refractivity contribution in [1.82, 2.24) is 0 Å². The van der Waals surface area contributed by atoms with Gasteiger partial charge in [-0.25, -0.2) is 0 Å². The van der Waals surface area contributed by atoms with Gasteiger partial charge in [0, 0.05) is 12.8 Å². The first-order valence-electron chi connectivity index (χ1n) is 5.86. The molecule has 2 rings (SSSR count). The summed E-state index contributed by atoms with van der Waals surface area (Å²) in [5.41, 5.74) is 0. The number of hydrogen-bond donors (Lipinski definition) is 1. The van der Waals surface area contributed by atoms with Gasteiger partial charge in [-0.05, 0) is 37.0 Å². The van der Waals surface area contributed by atoms with Crippen LogP contribution in [0.15, 0.2) is 0 Å². The molecule has 0 amide bonds. The summed E-state index contributed by atoms with van der Waals surface area (Å²) >= 11 is 0. The molecule has 2 fully saturated rings. The molecular formula is C12H18O3. The molecule has 0 saturated heterocycles. The molecule has 0 bridgehead atoms. The number of carboxylic acids is 1. The Kier molecular flexibility index (Phi) is 2.81. The van der Waals surface area contributed by atoms with Crippen molar-refractivity contribution in [1.29, 1.82) is 0 Å². The first-order valence-corrected chi connectivity index (χ1v) is 5.86. The van der Waals surface area contributed by atoms with Gasteiger partial charge in [-0.1, -0.05) is 6.92 Å².